The van der Waals surface area contributed by atoms with Gasteiger partial charge in [-0.05, 0) is 54.6 Å². The van der Waals surface area contributed by atoms with Crippen LogP contribution in [0.3, 0.4) is 0 Å². The van der Waals surface area contributed by atoms with Crippen LogP contribution in [0.25, 0.3) is 0 Å². The van der Waals surface area contributed by atoms with Crippen LogP contribution in [0.5, 0.6) is 5.75 Å². The Hall–Kier alpha value is -3.71. The summed E-state index contributed by atoms with van der Waals surface area (Å²) in [5, 5.41) is 5.26. The summed E-state index contributed by atoms with van der Waals surface area (Å²) in [5.74, 6) is -2.03. The molecule has 0 heterocycles. The molecule has 0 atom stereocenters. The van der Waals surface area contributed by atoms with Crippen molar-refractivity contribution in [3.05, 3.63) is 88.7 Å². The number of carbonyl (C=O) groups is 3. The monoisotopic (exact) mass is 426 g/mol. The van der Waals surface area contributed by atoms with E-state index in [9.17, 15) is 18.8 Å². The zero-order valence-corrected chi connectivity index (χ0v) is 16.5. The van der Waals surface area contributed by atoms with Gasteiger partial charge in [0.15, 0.2) is 0 Å². The fourth-order valence-electron chi connectivity index (χ4n) is 2.62. The highest BCUT2D eigenvalue weighted by atomic mass is 35.5. The zero-order chi connectivity index (χ0) is 21.7. The van der Waals surface area contributed by atoms with Crippen molar-refractivity contribution < 1.29 is 23.5 Å². The highest BCUT2D eigenvalue weighted by Crippen LogP contribution is 2.22. The van der Waals surface area contributed by atoms with Gasteiger partial charge >= 0.3 is 5.97 Å². The normalized spacial score (nSPS) is 10.2. The molecule has 2 amide bonds. The Kier molecular flexibility index (Phi) is 6.44. The van der Waals surface area contributed by atoms with Gasteiger partial charge in [-0.2, -0.15) is 0 Å². The third-order valence-corrected chi connectivity index (χ3v) is 4.26. The number of rotatable bonds is 5. The van der Waals surface area contributed by atoms with Gasteiger partial charge in [0.2, 0.25) is 0 Å². The van der Waals surface area contributed by atoms with Crippen LogP contribution < -0.4 is 15.4 Å². The topological polar surface area (TPSA) is 84.5 Å². The first kappa shape index (κ1) is 21.0. The number of benzene rings is 3. The Morgan fingerprint density at radius 1 is 0.867 bits per heavy atom. The fourth-order valence-corrected chi connectivity index (χ4v) is 2.86. The predicted molar refractivity (Wildman–Crippen MR) is 112 cm³/mol. The largest absolute Gasteiger partial charge is 0.427 e. The van der Waals surface area contributed by atoms with Crippen molar-refractivity contribution in [1.82, 2.24) is 0 Å². The summed E-state index contributed by atoms with van der Waals surface area (Å²) in [5.41, 5.74) is 0.929. The predicted octanol–water partition coefficient (Wildman–Crippen LogP) is 4.91. The van der Waals surface area contributed by atoms with Crippen molar-refractivity contribution in [2.45, 2.75) is 6.92 Å². The lowest BCUT2D eigenvalue weighted by Gasteiger charge is -2.10. The molecule has 3 aromatic rings. The highest BCUT2D eigenvalue weighted by molar-refractivity contribution is 6.34. The first-order valence-electron chi connectivity index (χ1n) is 8.79. The number of anilines is 2. The second kappa shape index (κ2) is 9.19. The molecule has 0 saturated heterocycles. The smallest absolute Gasteiger partial charge is 0.308 e. The van der Waals surface area contributed by atoms with Crippen LogP contribution in [0.1, 0.15) is 27.6 Å². The molecule has 0 saturated carbocycles. The molecule has 0 aliphatic carbocycles. The SMILES string of the molecule is CC(=O)Oc1cccc(C(=O)Nc2ccc(NC(=O)c3c(F)cccc3Cl)cc2)c1. The molecule has 3 aromatic carbocycles. The Bertz CT molecular complexity index is 1100. The highest BCUT2D eigenvalue weighted by Gasteiger charge is 2.16. The summed E-state index contributed by atoms with van der Waals surface area (Å²) in [4.78, 5) is 35.7. The van der Waals surface area contributed by atoms with Gasteiger partial charge in [-0.25, -0.2) is 4.39 Å². The van der Waals surface area contributed by atoms with Crippen LogP contribution in [0.15, 0.2) is 66.7 Å². The molecule has 30 heavy (non-hydrogen) atoms. The van der Waals surface area contributed by atoms with E-state index in [1.807, 2.05) is 0 Å². The molecule has 0 aliphatic heterocycles. The van der Waals surface area contributed by atoms with E-state index >= 15 is 0 Å². The number of hydrogen-bond acceptors (Lipinski definition) is 4. The van der Waals surface area contributed by atoms with E-state index in [1.165, 1.54) is 25.1 Å². The molecule has 3 rings (SSSR count). The number of esters is 1. The number of hydrogen-bond donors (Lipinski definition) is 2. The Balaban J connectivity index is 1.67. The Morgan fingerprint density at radius 3 is 2.07 bits per heavy atom. The molecule has 8 heteroatoms. The molecule has 0 spiro atoms. The molecule has 0 aromatic heterocycles. The third kappa shape index (κ3) is 5.21. The van der Waals surface area contributed by atoms with Gasteiger partial charge in [0.05, 0.1) is 10.6 Å². The maximum Gasteiger partial charge on any atom is 0.308 e. The summed E-state index contributed by atoms with van der Waals surface area (Å²) in [6, 6.07) is 16.4. The summed E-state index contributed by atoms with van der Waals surface area (Å²) in [6.07, 6.45) is 0. The number of carbonyl (C=O) groups excluding carboxylic acids is 3. The maximum atomic E-state index is 13.9. The van der Waals surface area contributed by atoms with Gasteiger partial charge in [0, 0.05) is 23.9 Å². The molecule has 0 bridgehead atoms. The van der Waals surface area contributed by atoms with Crippen LogP contribution in [-0.4, -0.2) is 17.8 Å². The standard InChI is InChI=1S/C22H16ClFN2O4/c1-13(27)30-17-5-2-4-14(12-17)21(28)25-15-8-10-16(11-9-15)26-22(29)20-18(23)6-3-7-19(20)24/h2-12H,1H3,(H,25,28)(H,26,29). The van der Waals surface area contributed by atoms with Crippen molar-refractivity contribution in [2.75, 3.05) is 10.6 Å². The van der Waals surface area contributed by atoms with Gasteiger partial charge in [-0.15, -0.1) is 0 Å². The molecule has 0 radical (unpaired) electrons. The number of nitrogens with one attached hydrogen (secondary N) is 2. The maximum absolute atomic E-state index is 13.9. The third-order valence-electron chi connectivity index (χ3n) is 3.95. The van der Waals surface area contributed by atoms with E-state index in [1.54, 1.807) is 42.5 Å². The van der Waals surface area contributed by atoms with Gasteiger partial charge in [-0.3, -0.25) is 14.4 Å². The van der Waals surface area contributed by atoms with Crippen LogP contribution in [0.4, 0.5) is 15.8 Å². The molecule has 0 unspecified atom stereocenters. The summed E-state index contributed by atoms with van der Waals surface area (Å²) in [7, 11) is 0. The Labute approximate surface area is 176 Å². The lowest BCUT2D eigenvalue weighted by atomic mass is 10.1. The van der Waals surface area contributed by atoms with E-state index in [2.05, 4.69) is 10.6 Å². The van der Waals surface area contributed by atoms with Crippen molar-refractivity contribution >= 4 is 40.8 Å². The van der Waals surface area contributed by atoms with Gasteiger partial charge in [-0.1, -0.05) is 23.7 Å². The van der Waals surface area contributed by atoms with E-state index < -0.39 is 23.6 Å². The van der Waals surface area contributed by atoms with Crippen molar-refractivity contribution in [2.24, 2.45) is 0 Å². The average Bonchev–Trinajstić information content (AvgIpc) is 2.69. The molecule has 0 aliphatic rings. The average molecular weight is 427 g/mol. The van der Waals surface area contributed by atoms with Crippen LogP contribution in [0, 0.1) is 5.82 Å². The first-order chi connectivity index (χ1) is 14.3. The van der Waals surface area contributed by atoms with E-state index in [4.69, 9.17) is 16.3 Å². The number of amides is 2. The zero-order valence-electron chi connectivity index (χ0n) is 15.7. The second-order valence-electron chi connectivity index (χ2n) is 6.20. The molecular formula is C22H16ClFN2O4. The fraction of sp³-hybridized carbons (Fsp3) is 0.0455. The minimum Gasteiger partial charge on any atom is -0.427 e. The number of halogens is 2. The van der Waals surface area contributed by atoms with Crippen molar-refractivity contribution in [3.63, 3.8) is 0 Å². The first-order valence-corrected chi connectivity index (χ1v) is 9.16. The van der Waals surface area contributed by atoms with Gasteiger partial charge in [0.1, 0.15) is 11.6 Å². The molecular weight excluding hydrogens is 411 g/mol. The van der Waals surface area contributed by atoms with Crippen LogP contribution >= 0.6 is 11.6 Å². The summed E-state index contributed by atoms with van der Waals surface area (Å²) in [6.45, 7) is 1.27. The Morgan fingerprint density at radius 2 is 1.47 bits per heavy atom. The van der Waals surface area contributed by atoms with Gasteiger partial charge in [0.25, 0.3) is 11.8 Å². The van der Waals surface area contributed by atoms with Crippen LogP contribution in [0.2, 0.25) is 5.02 Å². The minimum atomic E-state index is -0.722. The molecule has 2 N–H and O–H groups in total. The van der Waals surface area contributed by atoms with E-state index in [-0.39, 0.29) is 16.3 Å². The quantitative estimate of drug-likeness (QED) is 0.448. The molecule has 152 valence electrons. The summed E-state index contributed by atoms with van der Waals surface area (Å²) >= 11 is 5.89. The molecule has 0 fully saturated rings. The minimum absolute atomic E-state index is 0.00682. The van der Waals surface area contributed by atoms with Crippen LogP contribution in [-0.2, 0) is 4.79 Å². The lowest BCUT2D eigenvalue weighted by molar-refractivity contribution is -0.131. The summed E-state index contributed by atoms with van der Waals surface area (Å²) < 4.78 is 18.8. The van der Waals surface area contributed by atoms with Gasteiger partial charge < -0.3 is 15.4 Å². The lowest BCUT2D eigenvalue weighted by Crippen LogP contribution is -2.15. The van der Waals surface area contributed by atoms with E-state index in [0.717, 1.165) is 6.07 Å². The van der Waals surface area contributed by atoms with E-state index in [0.29, 0.717) is 16.9 Å². The number of ether oxygens (including phenoxy) is 1. The van der Waals surface area contributed by atoms with Crippen molar-refractivity contribution in [1.29, 1.82) is 0 Å². The second-order valence-corrected chi connectivity index (χ2v) is 6.61. The molecule has 6 nitrogen and oxygen atoms in total. The van der Waals surface area contributed by atoms with Crippen molar-refractivity contribution in [3.8, 4) is 5.75 Å².